The highest BCUT2D eigenvalue weighted by atomic mass is 16.6. The zero-order valence-electron chi connectivity index (χ0n) is 25.5. The van der Waals surface area contributed by atoms with Gasteiger partial charge in [0.15, 0.2) is 23.5 Å². The summed E-state index contributed by atoms with van der Waals surface area (Å²) < 4.78 is 9.18. The van der Waals surface area contributed by atoms with E-state index in [2.05, 4.69) is 24.9 Å². The molecule has 1 saturated heterocycles. The Bertz CT molecular complexity index is 1710. The predicted octanol–water partition coefficient (Wildman–Crippen LogP) is -0.932. The van der Waals surface area contributed by atoms with Gasteiger partial charge >= 0.3 is 0 Å². The topological polar surface area (TPSA) is 286 Å². The van der Waals surface area contributed by atoms with Gasteiger partial charge in [-0.3, -0.25) is 9.36 Å². The lowest BCUT2D eigenvalue weighted by Crippen LogP contribution is -2.37. The van der Waals surface area contributed by atoms with Gasteiger partial charge in [0.2, 0.25) is 0 Å². The maximum atomic E-state index is 11.2. The van der Waals surface area contributed by atoms with Crippen LogP contribution in [0.1, 0.15) is 51.8 Å². The fourth-order valence-electron chi connectivity index (χ4n) is 5.84. The summed E-state index contributed by atoms with van der Waals surface area (Å²) in [7, 11) is 0. The molecule has 0 bridgehead atoms. The minimum Gasteiger partial charge on any atom is -0.388 e. The molecule has 1 aliphatic carbocycles. The number of nitrogens with zero attached hydrogens (tertiary/aromatic N) is 7. The lowest BCUT2D eigenvalue weighted by molar-refractivity contribution is -0.118. The van der Waals surface area contributed by atoms with E-state index in [9.17, 15) is 25.2 Å². The van der Waals surface area contributed by atoms with Crippen LogP contribution < -0.4 is 22.9 Å². The van der Waals surface area contributed by atoms with Crippen LogP contribution >= 0.6 is 0 Å². The van der Waals surface area contributed by atoms with Gasteiger partial charge in [0.05, 0.1) is 36.4 Å². The monoisotopic (exact) mass is 639 g/mol. The second kappa shape index (κ2) is 13.7. The zero-order chi connectivity index (χ0) is 33.3. The number of pyridine rings is 1. The van der Waals surface area contributed by atoms with Crippen molar-refractivity contribution in [3.63, 3.8) is 0 Å². The summed E-state index contributed by atoms with van der Waals surface area (Å²) in [4.78, 5) is 31.6. The highest BCUT2D eigenvalue weighted by Crippen LogP contribution is 2.35. The Kier molecular flexibility index (Phi) is 9.92. The highest BCUT2D eigenvalue weighted by molar-refractivity contribution is 5.85. The normalized spacial score (nSPS) is 27.4. The summed E-state index contributed by atoms with van der Waals surface area (Å²) in [6, 6.07) is 0.594. The van der Waals surface area contributed by atoms with Crippen molar-refractivity contribution in [1.29, 1.82) is 0 Å². The van der Waals surface area contributed by atoms with Gasteiger partial charge in [-0.15, -0.1) is 0 Å². The van der Waals surface area contributed by atoms with Crippen molar-refractivity contribution in [1.82, 2.24) is 34.1 Å². The zero-order valence-corrected chi connectivity index (χ0v) is 25.5. The number of hydrogen-bond acceptors (Lipinski definition) is 15. The number of nitrogen functional groups attached to an aromatic ring is 2. The molecular weight excluding hydrogens is 598 g/mol. The number of aliphatic hydroxyl groups excluding tert-OH is 4. The number of ether oxygens (including phenoxy) is 1. The van der Waals surface area contributed by atoms with Crippen LogP contribution in [0.3, 0.4) is 0 Å². The number of hydrogen-bond donors (Lipinski definition) is 8. The fourth-order valence-corrected chi connectivity index (χ4v) is 5.84. The SMILES string of the molecule is CC(=O)[C@@H](N)CC[C@H](N)C[C@H]1O[C@@H](n2cnc3c(N)ncnc32)[C@H](O)[C@@H]1O.CCC1=C[C@@H](n2cnc3c(N)nccc32)[C@H](O)[C@@H]1O. The second-order valence-corrected chi connectivity index (χ2v) is 11.7. The van der Waals surface area contributed by atoms with Crippen LogP contribution in [-0.4, -0.2) is 103 Å². The largest absolute Gasteiger partial charge is 0.388 e. The minimum atomic E-state index is -1.18. The van der Waals surface area contributed by atoms with E-state index >= 15 is 0 Å². The molecular formula is C29H41N11O6. The number of ketones is 1. The summed E-state index contributed by atoms with van der Waals surface area (Å²) >= 11 is 0. The summed E-state index contributed by atoms with van der Waals surface area (Å²) in [5, 5.41) is 40.9. The molecule has 9 atom stereocenters. The van der Waals surface area contributed by atoms with Crippen molar-refractivity contribution in [2.45, 2.75) is 94.4 Å². The smallest absolute Gasteiger partial charge is 0.167 e. The van der Waals surface area contributed by atoms with Crippen LogP contribution in [0.5, 0.6) is 0 Å². The molecule has 2 aliphatic rings. The molecule has 0 radical (unpaired) electrons. The summed E-state index contributed by atoms with van der Waals surface area (Å²) in [5.74, 6) is 0.485. The average Bonchev–Trinajstić information content (AvgIpc) is 3.79. The Morgan fingerprint density at radius 3 is 2.33 bits per heavy atom. The van der Waals surface area contributed by atoms with E-state index in [-0.39, 0.29) is 23.7 Å². The molecule has 1 fully saturated rings. The van der Waals surface area contributed by atoms with E-state index in [4.69, 9.17) is 27.7 Å². The van der Waals surface area contributed by atoms with E-state index < -0.39 is 42.8 Å². The molecule has 5 heterocycles. The van der Waals surface area contributed by atoms with Gasteiger partial charge in [0.1, 0.15) is 47.6 Å². The molecule has 1 aliphatic heterocycles. The van der Waals surface area contributed by atoms with Crippen LogP contribution in [0.4, 0.5) is 11.6 Å². The molecule has 0 unspecified atom stereocenters. The summed E-state index contributed by atoms with van der Waals surface area (Å²) in [5.41, 5.74) is 26.4. The van der Waals surface area contributed by atoms with Crippen molar-refractivity contribution < 1.29 is 30.0 Å². The van der Waals surface area contributed by atoms with Gasteiger partial charge in [0.25, 0.3) is 0 Å². The van der Waals surface area contributed by atoms with Crippen molar-refractivity contribution in [2.24, 2.45) is 11.5 Å². The Labute approximate surface area is 263 Å². The first-order chi connectivity index (χ1) is 21.9. The number of rotatable bonds is 9. The van der Waals surface area contributed by atoms with Crippen LogP contribution in [0.15, 0.2) is 42.9 Å². The van der Waals surface area contributed by atoms with Crippen molar-refractivity contribution in [3.05, 3.63) is 42.9 Å². The Hall–Kier alpha value is -4.10. The standard InChI is InChI=1S/C16H25N7O4.C13H16N4O2/c1-7(24)9(18)3-2-8(17)4-10-12(25)13(26)16(27-10)23-6-22-11-14(19)20-5-21-15(11)23;1-2-7-5-9(12(19)11(7)18)17-6-16-10-8(17)3-4-15-13(10)14/h5-6,8-10,12-13,16,25-26H,2-4,17-18H2,1H3,(H2,19,20,21);3-6,9,11-12,18-19H,2H2,1H3,(H2,14,15)/t8-,9-,10+,12+,13+,16+;9-,11-,12+/m01/s1. The number of aromatic nitrogens is 7. The van der Waals surface area contributed by atoms with Gasteiger partial charge < -0.3 is 52.7 Å². The molecule has 0 amide bonds. The highest BCUT2D eigenvalue weighted by Gasteiger charge is 2.44. The molecule has 0 aromatic carbocycles. The molecule has 6 rings (SSSR count). The summed E-state index contributed by atoms with van der Waals surface area (Å²) in [6.07, 6.45) is 4.30. The minimum absolute atomic E-state index is 0.0944. The van der Waals surface area contributed by atoms with Crippen LogP contribution in [-0.2, 0) is 9.53 Å². The first-order valence-corrected chi connectivity index (χ1v) is 15.0. The first kappa shape index (κ1) is 33.3. The number of nitrogens with two attached hydrogens (primary N) is 4. The fraction of sp³-hybridized carbons (Fsp3) is 0.517. The maximum Gasteiger partial charge on any atom is 0.167 e. The third-order valence-electron chi connectivity index (χ3n) is 8.59. The lowest BCUT2D eigenvalue weighted by atomic mass is 9.98. The molecule has 46 heavy (non-hydrogen) atoms. The van der Waals surface area contributed by atoms with E-state index in [0.29, 0.717) is 48.2 Å². The molecule has 17 nitrogen and oxygen atoms in total. The molecule has 248 valence electrons. The first-order valence-electron chi connectivity index (χ1n) is 15.0. The Morgan fingerprint density at radius 2 is 1.63 bits per heavy atom. The summed E-state index contributed by atoms with van der Waals surface area (Å²) in [6.45, 7) is 3.39. The third kappa shape index (κ3) is 6.43. The van der Waals surface area contributed by atoms with E-state index in [1.165, 1.54) is 24.1 Å². The molecule has 0 saturated carbocycles. The Balaban J connectivity index is 0.000000192. The number of carbonyl (C=O) groups is 1. The van der Waals surface area contributed by atoms with Crippen molar-refractivity contribution in [2.75, 3.05) is 11.5 Å². The van der Waals surface area contributed by atoms with Crippen molar-refractivity contribution >= 4 is 39.6 Å². The number of carbonyl (C=O) groups excluding carboxylic acids is 1. The molecule has 4 aromatic rings. The van der Waals surface area contributed by atoms with Gasteiger partial charge in [-0.05, 0) is 44.2 Å². The molecule has 0 spiro atoms. The van der Waals surface area contributed by atoms with Crippen LogP contribution in [0.25, 0.3) is 22.2 Å². The quantitative estimate of drug-likeness (QED) is 0.103. The van der Waals surface area contributed by atoms with Gasteiger partial charge in [-0.1, -0.05) is 13.0 Å². The third-order valence-corrected chi connectivity index (χ3v) is 8.59. The Morgan fingerprint density at radius 1 is 0.935 bits per heavy atom. The van der Waals surface area contributed by atoms with Crippen LogP contribution in [0.2, 0.25) is 0 Å². The van der Waals surface area contributed by atoms with Gasteiger partial charge in [-0.2, -0.15) is 0 Å². The number of anilines is 2. The number of fused-ring (bicyclic) bond motifs is 2. The molecule has 4 aromatic heterocycles. The predicted molar refractivity (Wildman–Crippen MR) is 168 cm³/mol. The van der Waals surface area contributed by atoms with Gasteiger partial charge in [-0.25, -0.2) is 24.9 Å². The molecule has 17 heteroatoms. The van der Waals surface area contributed by atoms with E-state index in [0.717, 1.165) is 11.1 Å². The second-order valence-electron chi connectivity index (χ2n) is 11.7. The van der Waals surface area contributed by atoms with E-state index in [1.807, 2.05) is 17.6 Å². The maximum absolute atomic E-state index is 11.2. The van der Waals surface area contributed by atoms with E-state index in [1.54, 1.807) is 18.6 Å². The average molecular weight is 640 g/mol. The lowest BCUT2D eigenvalue weighted by Gasteiger charge is -2.20. The molecule has 12 N–H and O–H groups in total. The number of imidazole rings is 2. The van der Waals surface area contributed by atoms with Crippen LogP contribution in [0, 0.1) is 0 Å². The van der Waals surface area contributed by atoms with Gasteiger partial charge in [0, 0.05) is 12.2 Å². The number of Topliss-reactive ketones (excluding diaryl/α,β-unsaturated/α-hetero) is 1. The number of aliphatic hydroxyl groups is 4. The van der Waals surface area contributed by atoms with Crippen molar-refractivity contribution in [3.8, 4) is 0 Å².